The van der Waals surface area contributed by atoms with Crippen LogP contribution in [0.15, 0.2) is 29.3 Å². The average molecular weight is 346 g/mol. The van der Waals surface area contributed by atoms with Gasteiger partial charge < -0.3 is 15.5 Å². The molecule has 0 amide bonds. The summed E-state index contributed by atoms with van der Waals surface area (Å²) in [6, 6.07) is 9.40. The number of hydrogen-bond acceptors (Lipinski definition) is 3. The summed E-state index contributed by atoms with van der Waals surface area (Å²) in [5, 5.41) is 6.89. The predicted molar refractivity (Wildman–Crippen MR) is 107 cm³/mol. The Kier molecular flexibility index (Phi) is 8.22. The quantitative estimate of drug-likeness (QED) is 0.560. The highest BCUT2D eigenvalue weighted by Gasteiger charge is 2.22. The Morgan fingerprint density at radius 1 is 1.16 bits per heavy atom. The van der Waals surface area contributed by atoms with Gasteiger partial charge in [-0.2, -0.15) is 0 Å². The zero-order chi connectivity index (χ0) is 18.1. The first-order chi connectivity index (χ1) is 12.1. The minimum Gasteiger partial charge on any atom is -0.357 e. The van der Waals surface area contributed by atoms with E-state index in [4.69, 9.17) is 4.99 Å². The van der Waals surface area contributed by atoms with Crippen molar-refractivity contribution in [1.82, 2.24) is 20.4 Å². The van der Waals surface area contributed by atoms with Crippen LogP contribution in [0.4, 0.5) is 0 Å². The zero-order valence-electron chi connectivity index (χ0n) is 16.4. The van der Waals surface area contributed by atoms with E-state index in [1.807, 2.05) is 0 Å². The first-order valence-corrected chi connectivity index (χ1v) is 9.61. The van der Waals surface area contributed by atoms with E-state index in [1.165, 1.54) is 30.5 Å². The van der Waals surface area contributed by atoms with Gasteiger partial charge in [-0.05, 0) is 58.1 Å². The van der Waals surface area contributed by atoms with Crippen molar-refractivity contribution in [2.45, 2.75) is 45.8 Å². The van der Waals surface area contributed by atoms with Gasteiger partial charge in [0.05, 0.1) is 6.54 Å². The monoisotopic (exact) mass is 345 g/mol. The van der Waals surface area contributed by atoms with Crippen molar-refractivity contribution in [3.05, 3.63) is 35.4 Å². The van der Waals surface area contributed by atoms with Crippen LogP contribution in [0.25, 0.3) is 0 Å². The summed E-state index contributed by atoms with van der Waals surface area (Å²) >= 11 is 0. The number of benzene rings is 1. The fourth-order valence-corrected chi connectivity index (χ4v) is 3.38. The third-order valence-electron chi connectivity index (χ3n) is 4.70. The summed E-state index contributed by atoms with van der Waals surface area (Å²) in [5.74, 6) is 0.919. The molecule has 1 saturated heterocycles. The van der Waals surface area contributed by atoms with Gasteiger partial charge in [0.2, 0.25) is 0 Å². The molecule has 1 fully saturated rings. The summed E-state index contributed by atoms with van der Waals surface area (Å²) in [6.45, 7) is 10.3. The first-order valence-electron chi connectivity index (χ1n) is 9.61. The molecule has 5 nitrogen and oxygen atoms in total. The van der Waals surface area contributed by atoms with Gasteiger partial charge in [-0.15, -0.1) is 0 Å². The lowest BCUT2D eigenvalue weighted by Crippen LogP contribution is -2.44. The van der Waals surface area contributed by atoms with E-state index in [2.05, 4.69) is 72.6 Å². The molecule has 0 radical (unpaired) electrons. The van der Waals surface area contributed by atoms with Crippen LogP contribution in [0.5, 0.6) is 0 Å². The number of guanidine groups is 1. The molecule has 1 unspecified atom stereocenters. The molecule has 1 aliphatic rings. The van der Waals surface area contributed by atoms with E-state index in [0.29, 0.717) is 12.6 Å². The molecule has 1 aromatic carbocycles. The number of aliphatic imine (C=N–C) groups is 1. The second-order valence-electron chi connectivity index (χ2n) is 7.05. The minimum absolute atomic E-state index is 0.638. The van der Waals surface area contributed by atoms with Crippen LogP contribution in [0.2, 0.25) is 0 Å². The molecule has 2 N–H and O–H groups in total. The van der Waals surface area contributed by atoms with Crippen molar-refractivity contribution in [3.8, 4) is 0 Å². The number of nitrogens with zero attached hydrogens (tertiary/aromatic N) is 3. The second kappa shape index (κ2) is 10.4. The molecule has 140 valence electrons. The van der Waals surface area contributed by atoms with Crippen molar-refractivity contribution in [2.24, 2.45) is 4.99 Å². The molecule has 1 heterocycles. The predicted octanol–water partition coefficient (Wildman–Crippen LogP) is 2.29. The number of nitrogens with one attached hydrogen (secondary N) is 2. The van der Waals surface area contributed by atoms with Crippen LogP contribution in [0, 0.1) is 0 Å². The van der Waals surface area contributed by atoms with Crippen LogP contribution in [0.3, 0.4) is 0 Å². The van der Waals surface area contributed by atoms with Crippen molar-refractivity contribution in [1.29, 1.82) is 0 Å². The Labute approximate surface area is 153 Å². The third-order valence-corrected chi connectivity index (χ3v) is 4.70. The van der Waals surface area contributed by atoms with Crippen LogP contribution in [-0.2, 0) is 13.1 Å². The van der Waals surface area contributed by atoms with Crippen molar-refractivity contribution in [3.63, 3.8) is 0 Å². The molecule has 1 aromatic rings. The Morgan fingerprint density at radius 3 is 2.52 bits per heavy atom. The Morgan fingerprint density at radius 2 is 1.88 bits per heavy atom. The van der Waals surface area contributed by atoms with Gasteiger partial charge >= 0.3 is 0 Å². The molecule has 0 aliphatic carbocycles. The van der Waals surface area contributed by atoms with E-state index >= 15 is 0 Å². The summed E-state index contributed by atoms with van der Waals surface area (Å²) in [5.41, 5.74) is 2.58. The fourth-order valence-electron chi connectivity index (χ4n) is 3.38. The number of hydrogen-bond donors (Lipinski definition) is 2. The number of rotatable bonds is 8. The molecule has 0 bridgehead atoms. The summed E-state index contributed by atoms with van der Waals surface area (Å²) in [4.78, 5) is 9.49. The van der Waals surface area contributed by atoms with Crippen molar-refractivity contribution >= 4 is 5.96 Å². The minimum atomic E-state index is 0.638. The maximum Gasteiger partial charge on any atom is 0.191 e. The first kappa shape index (κ1) is 19.7. The lowest BCUT2D eigenvalue weighted by atomic mass is 10.1. The van der Waals surface area contributed by atoms with Crippen LogP contribution >= 0.6 is 0 Å². The van der Waals surface area contributed by atoms with E-state index in [1.54, 1.807) is 0 Å². The van der Waals surface area contributed by atoms with Crippen LogP contribution in [-0.4, -0.2) is 62.1 Å². The van der Waals surface area contributed by atoms with Gasteiger partial charge in [-0.3, -0.25) is 4.90 Å². The highest BCUT2D eigenvalue weighted by atomic mass is 15.2. The average Bonchev–Trinajstić information content (AvgIpc) is 3.05. The van der Waals surface area contributed by atoms with E-state index in [-0.39, 0.29) is 0 Å². The fraction of sp³-hybridized carbons (Fsp3) is 0.650. The summed E-state index contributed by atoms with van der Waals surface area (Å²) < 4.78 is 0. The topological polar surface area (TPSA) is 42.9 Å². The highest BCUT2D eigenvalue weighted by Crippen LogP contribution is 2.15. The highest BCUT2D eigenvalue weighted by molar-refractivity contribution is 5.79. The van der Waals surface area contributed by atoms with Crippen LogP contribution < -0.4 is 10.6 Å². The SMILES string of the molecule is CCNC(=NCc1ccc(CN(C)C)cc1)NCC1CCCN1CC. The lowest BCUT2D eigenvalue weighted by molar-refractivity contribution is 0.267. The van der Waals surface area contributed by atoms with Gasteiger partial charge in [-0.25, -0.2) is 4.99 Å². The third kappa shape index (κ3) is 6.67. The molecule has 1 aliphatic heterocycles. The normalized spacial score (nSPS) is 18.8. The van der Waals surface area contributed by atoms with E-state index in [9.17, 15) is 0 Å². The lowest BCUT2D eigenvalue weighted by Gasteiger charge is -2.24. The van der Waals surface area contributed by atoms with E-state index in [0.717, 1.165) is 32.1 Å². The standard InChI is InChI=1S/C20H35N5/c1-5-21-20(23-15-19-8-7-13-25(19)6-2)22-14-17-9-11-18(12-10-17)16-24(3)4/h9-12,19H,5-8,13-16H2,1-4H3,(H2,21,22,23). The summed E-state index contributed by atoms with van der Waals surface area (Å²) in [6.07, 6.45) is 2.60. The molecule has 0 saturated carbocycles. The van der Waals surface area contributed by atoms with E-state index < -0.39 is 0 Å². The van der Waals surface area contributed by atoms with Crippen molar-refractivity contribution in [2.75, 3.05) is 40.3 Å². The molecule has 5 heteroatoms. The number of likely N-dealkylation sites (N-methyl/N-ethyl adjacent to an activating group) is 1. The number of likely N-dealkylation sites (tertiary alicyclic amines) is 1. The van der Waals surface area contributed by atoms with Crippen LogP contribution in [0.1, 0.15) is 37.8 Å². The van der Waals surface area contributed by atoms with Gasteiger partial charge in [0.25, 0.3) is 0 Å². The van der Waals surface area contributed by atoms with Gasteiger partial charge in [0.15, 0.2) is 5.96 Å². The maximum atomic E-state index is 4.75. The Bertz CT molecular complexity index is 523. The van der Waals surface area contributed by atoms with Crippen molar-refractivity contribution < 1.29 is 0 Å². The molecule has 25 heavy (non-hydrogen) atoms. The molecular weight excluding hydrogens is 310 g/mol. The van der Waals surface area contributed by atoms with Gasteiger partial charge in [0, 0.05) is 25.7 Å². The Balaban J connectivity index is 1.88. The molecule has 0 aromatic heterocycles. The Hall–Kier alpha value is -1.59. The maximum absolute atomic E-state index is 4.75. The largest absolute Gasteiger partial charge is 0.357 e. The van der Waals surface area contributed by atoms with Gasteiger partial charge in [0.1, 0.15) is 0 Å². The summed E-state index contributed by atoms with van der Waals surface area (Å²) in [7, 11) is 4.19. The molecule has 1 atom stereocenters. The zero-order valence-corrected chi connectivity index (χ0v) is 16.4. The van der Waals surface area contributed by atoms with Gasteiger partial charge in [-0.1, -0.05) is 31.2 Å². The second-order valence-corrected chi connectivity index (χ2v) is 7.05. The smallest absolute Gasteiger partial charge is 0.191 e. The molecular formula is C20H35N5. The molecule has 2 rings (SSSR count). The molecule has 0 spiro atoms.